The van der Waals surface area contributed by atoms with Crippen LogP contribution in [0.25, 0.3) is 11.0 Å². The highest BCUT2D eigenvalue weighted by molar-refractivity contribution is 7.80. The van der Waals surface area contributed by atoms with Gasteiger partial charge in [-0.1, -0.05) is 29.3 Å². The third-order valence-electron chi connectivity index (χ3n) is 4.70. The largest absolute Gasteiger partial charge is 0.456 e. The molecule has 12 heteroatoms. The molecule has 0 radical (unpaired) electrons. The molecule has 2 heterocycles. The Morgan fingerprint density at radius 1 is 1.15 bits per heavy atom. The van der Waals surface area contributed by atoms with Crippen molar-refractivity contribution in [2.24, 2.45) is 0 Å². The molecule has 1 atom stereocenters. The first-order valence-corrected chi connectivity index (χ1v) is 12.1. The fourth-order valence-corrected chi connectivity index (χ4v) is 3.97. The Kier molecular flexibility index (Phi) is 7.63. The molecule has 0 saturated heterocycles. The van der Waals surface area contributed by atoms with Crippen LogP contribution in [0.1, 0.15) is 0 Å². The van der Waals surface area contributed by atoms with Crippen LogP contribution in [-0.2, 0) is 22.4 Å². The van der Waals surface area contributed by atoms with Gasteiger partial charge in [0.2, 0.25) is 5.91 Å². The lowest BCUT2D eigenvalue weighted by Crippen LogP contribution is -2.30. The van der Waals surface area contributed by atoms with Crippen LogP contribution in [0.15, 0.2) is 61.1 Å². The van der Waals surface area contributed by atoms with E-state index in [9.17, 15) is 9.00 Å². The number of hydrogen-bond donors (Lipinski definition) is 3. The van der Waals surface area contributed by atoms with Gasteiger partial charge in [0.05, 0.1) is 10.5 Å². The number of benzene rings is 2. The van der Waals surface area contributed by atoms with Crippen molar-refractivity contribution in [2.75, 3.05) is 17.6 Å². The second kappa shape index (κ2) is 10.8. The molecule has 4 aromatic rings. The summed E-state index contributed by atoms with van der Waals surface area (Å²) >= 11 is 10.3. The summed E-state index contributed by atoms with van der Waals surface area (Å²) in [7, 11) is 0. The van der Waals surface area contributed by atoms with Crippen LogP contribution in [0, 0.1) is 0 Å². The van der Waals surface area contributed by atoms with Gasteiger partial charge in [-0.3, -0.25) is 4.79 Å². The maximum Gasteiger partial charge on any atom is 0.235 e. The Bertz CT molecular complexity index is 1360. The fraction of sp³-hybridized carbons (Fsp3) is 0.136. The van der Waals surface area contributed by atoms with E-state index in [1.807, 2.05) is 22.9 Å². The van der Waals surface area contributed by atoms with E-state index < -0.39 is 22.7 Å². The molecular formula is C22H19Cl2N5O4S. The van der Waals surface area contributed by atoms with E-state index in [2.05, 4.69) is 20.6 Å². The molecule has 1 unspecified atom stereocenters. The summed E-state index contributed by atoms with van der Waals surface area (Å²) in [6.45, 7) is 0.693. The van der Waals surface area contributed by atoms with Gasteiger partial charge in [0.25, 0.3) is 0 Å². The van der Waals surface area contributed by atoms with Gasteiger partial charge in [0, 0.05) is 30.0 Å². The van der Waals surface area contributed by atoms with E-state index in [4.69, 9.17) is 32.5 Å². The van der Waals surface area contributed by atoms with Gasteiger partial charge in [0.15, 0.2) is 16.9 Å². The summed E-state index contributed by atoms with van der Waals surface area (Å²) in [5.74, 6) is 0.645. The number of fused-ring (bicyclic) bond motifs is 1. The number of hydrogen-bond acceptors (Lipinski definition) is 6. The van der Waals surface area contributed by atoms with E-state index in [0.717, 1.165) is 5.52 Å². The number of nitrogens with zero attached hydrogens (tertiary/aromatic N) is 3. The summed E-state index contributed by atoms with van der Waals surface area (Å²) in [5.41, 5.74) is 2.14. The lowest BCUT2D eigenvalue weighted by atomic mass is 10.3. The molecule has 0 fully saturated rings. The minimum Gasteiger partial charge on any atom is -0.456 e. The Labute approximate surface area is 207 Å². The zero-order chi connectivity index (χ0) is 24.1. The van der Waals surface area contributed by atoms with Crippen molar-refractivity contribution in [3.8, 4) is 11.5 Å². The van der Waals surface area contributed by atoms with E-state index in [1.165, 1.54) is 6.33 Å². The van der Waals surface area contributed by atoms with Gasteiger partial charge in [0.1, 0.15) is 29.1 Å². The monoisotopic (exact) mass is 519 g/mol. The maximum absolute atomic E-state index is 11.6. The number of carbonyl (C=O) groups excluding carboxylic acids is 1. The number of aromatic nitrogens is 3. The maximum atomic E-state index is 11.6. The Morgan fingerprint density at radius 2 is 2.00 bits per heavy atom. The van der Waals surface area contributed by atoms with Gasteiger partial charge in [-0.15, -0.1) is 0 Å². The second-order valence-corrected chi connectivity index (χ2v) is 8.89. The van der Waals surface area contributed by atoms with Crippen LogP contribution < -0.4 is 15.4 Å². The van der Waals surface area contributed by atoms with Crippen molar-refractivity contribution in [1.82, 2.24) is 19.9 Å². The number of nitrogens with one attached hydrogen (secondary N) is 2. The number of halogens is 2. The lowest BCUT2D eigenvalue weighted by molar-refractivity contribution is -0.118. The van der Waals surface area contributed by atoms with Crippen molar-refractivity contribution < 1.29 is 18.3 Å². The Balaban J connectivity index is 1.49. The highest BCUT2D eigenvalue weighted by atomic mass is 35.5. The fourth-order valence-electron chi connectivity index (χ4n) is 3.24. The predicted molar refractivity (Wildman–Crippen MR) is 132 cm³/mol. The molecule has 34 heavy (non-hydrogen) atoms. The number of amides is 1. The smallest absolute Gasteiger partial charge is 0.235 e. The van der Waals surface area contributed by atoms with E-state index in [0.29, 0.717) is 45.1 Å². The molecule has 0 saturated carbocycles. The normalized spacial score (nSPS) is 11.9. The standard InChI is InChI=1S/C22H19Cl2N5O4S/c23-14-2-1-3-16(10-14)33-19-5-4-15(11-17(19)24)28-22-21-18(26-13-27-22)6-8-29(21)9-7-25-20(30)12-34(31)32/h1-6,8,10-11,13H,7,9,12H2,(H,25,30)(H,31,32)(H,26,27,28). The first-order valence-electron chi connectivity index (χ1n) is 10.0. The zero-order valence-corrected chi connectivity index (χ0v) is 19.9. The topological polar surface area (TPSA) is 118 Å². The predicted octanol–water partition coefficient (Wildman–Crippen LogP) is 4.61. The number of anilines is 2. The molecule has 2 aromatic carbocycles. The van der Waals surface area contributed by atoms with E-state index >= 15 is 0 Å². The highest BCUT2D eigenvalue weighted by Gasteiger charge is 2.12. The van der Waals surface area contributed by atoms with Crippen molar-refractivity contribution >= 4 is 62.7 Å². The summed E-state index contributed by atoms with van der Waals surface area (Å²) in [4.78, 5) is 20.2. The summed E-state index contributed by atoms with van der Waals surface area (Å²) < 4.78 is 27.2. The molecule has 176 valence electrons. The first-order chi connectivity index (χ1) is 16.4. The summed E-state index contributed by atoms with van der Waals surface area (Å²) in [5, 5.41) is 6.81. The third kappa shape index (κ3) is 6.03. The van der Waals surface area contributed by atoms with Crippen LogP contribution in [0.2, 0.25) is 10.0 Å². The third-order valence-corrected chi connectivity index (χ3v) is 5.74. The average molecular weight is 520 g/mol. The Morgan fingerprint density at radius 3 is 2.76 bits per heavy atom. The molecule has 0 bridgehead atoms. The highest BCUT2D eigenvalue weighted by Crippen LogP contribution is 2.34. The van der Waals surface area contributed by atoms with Crippen molar-refractivity contribution in [3.63, 3.8) is 0 Å². The minimum absolute atomic E-state index is 0.273. The molecule has 1 amide bonds. The molecule has 3 N–H and O–H groups in total. The molecule has 2 aromatic heterocycles. The molecular weight excluding hydrogens is 501 g/mol. The van der Waals surface area contributed by atoms with Crippen LogP contribution >= 0.6 is 23.2 Å². The average Bonchev–Trinajstić information content (AvgIpc) is 3.19. The van der Waals surface area contributed by atoms with Crippen LogP contribution in [0.3, 0.4) is 0 Å². The van der Waals surface area contributed by atoms with Crippen molar-refractivity contribution in [2.45, 2.75) is 6.54 Å². The van der Waals surface area contributed by atoms with Crippen LogP contribution in [0.5, 0.6) is 11.5 Å². The second-order valence-electron chi connectivity index (χ2n) is 7.11. The van der Waals surface area contributed by atoms with Crippen molar-refractivity contribution in [3.05, 3.63) is 71.1 Å². The SMILES string of the molecule is O=C(CS(=O)O)NCCn1ccc2ncnc(Nc3ccc(Oc4cccc(Cl)c4)c(Cl)c3)c21. The first kappa shape index (κ1) is 24.0. The van der Waals surface area contributed by atoms with Gasteiger partial charge in [-0.25, -0.2) is 14.2 Å². The van der Waals surface area contributed by atoms with E-state index in [1.54, 1.807) is 36.4 Å². The Hall–Kier alpha value is -3.18. The number of rotatable bonds is 9. The van der Waals surface area contributed by atoms with Gasteiger partial charge < -0.3 is 24.5 Å². The molecule has 0 aliphatic rings. The summed E-state index contributed by atoms with van der Waals surface area (Å²) in [6, 6.07) is 14.1. The summed E-state index contributed by atoms with van der Waals surface area (Å²) in [6.07, 6.45) is 3.28. The van der Waals surface area contributed by atoms with Gasteiger partial charge in [-0.05, 0) is 42.5 Å². The lowest BCUT2D eigenvalue weighted by Gasteiger charge is -2.13. The van der Waals surface area contributed by atoms with Gasteiger partial charge >= 0.3 is 0 Å². The van der Waals surface area contributed by atoms with Crippen LogP contribution in [0.4, 0.5) is 11.5 Å². The zero-order valence-electron chi connectivity index (χ0n) is 17.6. The molecule has 4 rings (SSSR count). The number of ether oxygens (including phenoxy) is 1. The quantitative estimate of drug-likeness (QED) is 0.276. The number of carbonyl (C=O) groups is 1. The van der Waals surface area contributed by atoms with Gasteiger partial charge in [-0.2, -0.15) is 0 Å². The molecule has 0 aliphatic heterocycles. The van der Waals surface area contributed by atoms with Crippen LogP contribution in [-0.4, -0.2) is 41.5 Å². The van der Waals surface area contributed by atoms with Crippen molar-refractivity contribution in [1.29, 1.82) is 0 Å². The molecule has 9 nitrogen and oxygen atoms in total. The molecule has 0 aliphatic carbocycles. The molecule has 0 spiro atoms. The minimum atomic E-state index is -2.18. The van der Waals surface area contributed by atoms with E-state index in [-0.39, 0.29) is 6.54 Å².